The predicted octanol–water partition coefficient (Wildman–Crippen LogP) is 6.06. The van der Waals surface area contributed by atoms with Crippen molar-refractivity contribution in [3.8, 4) is 0 Å². The summed E-state index contributed by atoms with van der Waals surface area (Å²) in [5.74, 6) is 0.495. The smallest absolute Gasteiger partial charge is 0.261 e. The van der Waals surface area contributed by atoms with Crippen LogP contribution in [0.5, 0.6) is 0 Å². The minimum absolute atomic E-state index is 0.121. The first-order chi connectivity index (χ1) is 16.1. The molecule has 3 aromatic carbocycles. The van der Waals surface area contributed by atoms with Crippen LogP contribution in [0.2, 0.25) is 0 Å². The molecule has 1 amide bonds. The highest BCUT2D eigenvalue weighted by Gasteiger charge is 2.27. The normalized spacial score (nSPS) is 14.7. The second-order valence-corrected chi connectivity index (χ2v) is 8.29. The third-order valence-electron chi connectivity index (χ3n) is 5.97. The van der Waals surface area contributed by atoms with E-state index >= 15 is 0 Å². The Morgan fingerprint density at radius 3 is 2.55 bits per heavy atom. The molecule has 0 radical (unpaired) electrons. The Labute approximate surface area is 193 Å². The molecule has 0 bridgehead atoms. The van der Waals surface area contributed by atoms with Gasteiger partial charge in [0, 0.05) is 11.4 Å². The van der Waals surface area contributed by atoms with E-state index in [1.165, 1.54) is 5.56 Å². The summed E-state index contributed by atoms with van der Waals surface area (Å²) in [6.07, 6.45) is 4.80. The van der Waals surface area contributed by atoms with Crippen molar-refractivity contribution in [1.29, 1.82) is 0 Å². The largest absolute Gasteiger partial charge is 0.339 e. The van der Waals surface area contributed by atoms with Gasteiger partial charge in [-0.25, -0.2) is 4.68 Å². The number of hydrogen-bond acceptors (Lipinski definition) is 3. The average Bonchev–Trinajstić information content (AvgIpc) is 3.28. The zero-order valence-electron chi connectivity index (χ0n) is 18.7. The molecular weight excluding hydrogens is 408 g/mol. The number of allylic oxidation sites excluding steroid dienone is 1. The summed E-state index contributed by atoms with van der Waals surface area (Å²) >= 11 is 0. The van der Waals surface area contributed by atoms with Gasteiger partial charge in [0.15, 0.2) is 0 Å². The Kier molecular flexibility index (Phi) is 5.53. The lowest BCUT2D eigenvalue weighted by atomic mass is 10.00. The minimum Gasteiger partial charge on any atom is -0.339 e. The lowest BCUT2D eigenvalue weighted by Crippen LogP contribution is -2.22. The van der Waals surface area contributed by atoms with Gasteiger partial charge in [-0.3, -0.25) is 4.79 Å². The molecule has 0 fully saturated rings. The highest BCUT2D eigenvalue weighted by Crippen LogP contribution is 2.35. The maximum atomic E-state index is 13.2. The van der Waals surface area contributed by atoms with Crippen LogP contribution in [0.3, 0.4) is 0 Å². The fraction of sp³-hybridized carbons (Fsp3) is 0.143. The van der Waals surface area contributed by atoms with Crippen LogP contribution < -0.4 is 10.6 Å². The molecule has 5 nitrogen and oxygen atoms in total. The van der Waals surface area contributed by atoms with Crippen molar-refractivity contribution in [2.75, 3.05) is 10.6 Å². The first-order valence-corrected chi connectivity index (χ1v) is 11.2. The Morgan fingerprint density at radius 1 is 1.03 bits per heavy atom. The number of anilines is 2. The van der Waals surface area contributed by atoms with Crippen molar-refractivity contribution in [2.24, 2.45) is 0 Å². The van der Waals surface area contributed by atoms with Crippen molar-refractivity contribution in [3.63, 3.8) is 0 Å². The van der Waals surface area contributed by atoms with Gasteiger partial charge in [-0.2, -0.15) is 5.10 Å². The monoisotopic (exact) mass is 434 g/mol. The second kappa shape index (κ2) is 8.79. The van der Waals surface area contributed by atoms with E-state index in [0.717, 1.165) is 34.5 Å². The Balaban J connectivity index is 1.54. The lowest BCUT2D eigenvalue weighted by molar-refractivity contribution is 0.102. The molecular formula is C28H26N4O. The molecule has 1 aliphatic rings. The number of amides is 1. The van der Waals surface area contributed by atoms with Gasteiger partial charge in [-0.1, -0.05) is 73.7 Å². The van der Waals surface area contributed by atoms with Gasteiger partial charge < -0.3 is 10.6 Å². The summed E-state index contributed by atoms with van der Waals surface area (Å²) in [4.78, 5) is 13.2. The second-order valence-electron chi connectivity index (χ2n) is 8.29. The molecule has 1 atom stereocenters. The topological polar surface area (TPSA) is 59.0 Å². The summed E-state index contributed by atoms with van der Waals surface area (Å²) in [7, 11) is 0. The molecule has 0 saturated heterocycles. The number of carbonyl (C=O) groups is 1. The molecule has 2 N–H and O–H groups in total. The maximum Gasteiger partial charge on any atom is 0.261 e. The zero-order chi connectivity index (χ0) is 22.8. The van der Waals surface area contributed by atoms with Crippen LogP contribution in [0.4, 0.5) is 11.5 Å². The molecule has 33 heavy (non-hydrogen) atoms. The average molecular weight is 435 g/mol. The molecule has 1 aliphatic heterocycles. The first-order valence-electron chi connectivity index (χ1n) is 11.2. The van der Waals surface area contributed by atoms with Crippen LogP contribution in [0, 0.1) is 6.92 Å². The van der Waals surface area contributed by atoms with Crippen molar-refractivity contribution in [2.45, 2.75) is 26.3 Å². The van der Waals surface area contributed by atoms with Crippen molar-refractivity contribution < 1.29 is 4.79 Å². The third-order valence-corrected chi connectivity index (χ3v) is 5.97. The number of aromatic nitrogens is 2. The number of carbonyl (C=O) groups excluding carboxylic acids is 1. The van der Waals surface area contributed by atoms with Crippen LogP contribution in [-0.4, -0.2) is 15.7 Å². The maximum absolute atomic E-state index is 13.2. The van der Waals surface area contributed by atoms with E-state index in [0.29, 0.717) is 11.4 Å². The molecule has 2 heterocycles. The van der Waals surface area contributed by atoms with Crippen LogP contribution in [0.1, 0.15) is 45.6 Å². The van der Waals surface area contributed by atoms with E-state index in [1.54, 1.807) is 6.20 Å². The van der Waals surface area contributed by atoms with E-state index in [4.69, 9.17) is 0 Å². The van der Waals surface area contributed by atoms with Crippen molar-refractivity contribution in [3.05, 3.63) is 119 Å². The fourth-order valence-corrected chi connectivity index (χ4v) is 4.16. The van der Waals surface area contributed by atoms with Gasteiger partial charge in [0.1, 0.15) is 11.4 Å². The molecule has 0 unspecified atom stereocenters. The van der Waals surface area contributed by atoms with Gasteiger partial charge in [0.05, 0.1) is 12.2 Å². The number of fused-ring (bicyclic) bond motifs is 1. The van der Waals surface area contributed by atoms with E-state index < -0.39 is 0 Å². The quantitative estimate of drug-likeness (QED) is 0.401. The summed E-state index contributed by atoms with van der Waals surface area (Å²) in [6, 6.07) is 26.4. The Hall–Kier alpha value is -4.12. The summed E-state index contributed by atoms with van der Waals surface area (Å²) in [6.45, 7) is 4.15. The molecule has 0 aliphatic carbocycles. The predicted molar refractivity (Wildman–Crippen MR) is 133 cm³/mol. The van der Waals surface area contributed by atoms with E-state index in [9.17, 15) is 4.79 Å². The molecule has 0 spiro atoms. The molecule has 5 heteroatoms. The van der Waals surface area contributed by atoms with Crippen molar-refractivity contribution in [1.82, 2.24) is 9.78 Å². The van der Waals surface area contributed by atoms with Crippen LogP contribution >= 0.6 is 0 Å². The van der Waals surface area contributed by atoms with E-state index in [2.05, 4.69) is 65.1 Å². The molecule has 0 saturated carbocycles. The number of nitrogens with one attached hydrogen (secondary N) is 2. The zero-order valence-corrected chi connectivity index (χ0v) is 18.7. The summed E-state index contributed by atoms with van der Waals surface area (Å²) in [5.41, 5.74) is 6.80. The highest BCUT2D eigenvalue weighted by atomic mass is 16.1. The molecule has 164 valence electrons. The van der Waals surface area contributed by atoms with Crippen LogP contribution in [0.25, 0.3) is 5.70 Å². The number of hydrogen-bond donors (Lipinski definition) is 2. The van der Waals surface area contributed by atoms with Crippen LogP contribution in [0.15, 0.2) is 91.1 Å². The number of aryl methyl sites for hydroxylation is 2. The van der Waals surface area contributed by atoms with Crippen molar-refractivity contribution >= 4 is 23.1 Å². The Bertz CT molecular complexity index is 1320. The SMILES string of the molecule is CCc1ccc(C2=C[C@H](c3ccccc3)n3ncc(C(=O)Nc4cccc(C)c4)c3N2)cc1. The summed E-state index contributed by atoms with van der Waals surface area (Å²) < 4.78 is 1.88. The van der Waals surface area contributed by atoms with Gasteiger partial charge in [-0.15, -0.1) is 0 Å². The minimum atomic E-state index is -0.191. The fourth-order valence-electron chi connectivity index (χ4n) is 4.16. The van der Waals surface area contributed by atoms with Gasteiger partial charge in [0.2, 0.25) is 0 Å². The number of nitrogens with zero attached hydrogens (tertiary/aromatic N) is 2. The van der Waals surface area contributed by atoms with Gasteiger partial charge >= 0.3 is 0 Å². The molecule has 5 rings (SSSR count). The van der Waals surface area contributed by atoms with Gasteiger partial charge in [0.25, 0.3) is 5.91 Å². The Morgan fingerprint density at radius 2 is 1.82 bits per heavy atom. The highest BCUT2D eigenvalue weighted by molar-refractivity contribution is 6.08. The number of rotatable bonds is 5. The molecule has 4 aromatic rings. The molecule has 1 aromatic heterocycles. The van der Waals surface area contributed by atoms with Crippen LogP contribution in [-0.2, 0) is 6.42 Å². The van der Waals surface area contributed by atoms with Gasteiger partial charge in [-0.05, 0) is 53.8 Å². The standard InChI is InChI=1S/C28H26N4O/c1-3-20-12-14-21(15-13-20)25-17-26(22-9-5-4-6-10-22)32-27(31-25)24(18-29-32)28(33)30-23-11-7-8-19(2)16-23/h4-18,26,31H,3H2,1-2H3,(H,30,33)/t26-/m1/s1. The van der Waals surface area contributed by atoms with E-state index in [1.807, 2.05) is 54.1 Å². The third kappa shape index (κ3) is 4.17. The lowest BCUT2D eigenvalue weighted by Gasteiger charge is -2.26. The number of benzene rings is 3. The van der Waals surface area contributed by atoms with E-state index in [-0.39, 0.29) is 11.9 Å². The summed E-state index contributed by atoms with van der Waals surface area (Å²) in [5, 5.41) is 11.1. The first kappa shape index (κ1) is 20.8.